The number of fused-ring (bicyclic) bond motifs is 4. The maximum absolute atomic E-state index is 11.8. The predicted molar refractivity (Wildman–Crippen MR) is 93.3 cm³/mol. The third kappa shape index (κ3) is 2.06. The summed E-state index contributed by atoms with van der Waals surface area (Å²) in [6, 6.07) is 0. The second kappa shape index (κ2) is 4.77. The highest BCUT2D eigenvalue weighted by Crippen LogP contribution is 2.64. The Labute approximate surface area is 144 Å². The van der Waals surface area contributed by atoms with Gasteiger partial charge in [-0.1, -0.05) is 33.3 Å². The van der Waals surface area contributed by atoms with Crippen LogP contribution in [0.4, 0.5) is 0 Å². The zero-order chi connectivity index (χ0) is 17.3. The number of carbonyl (C=O) groups excluding carboxylic acids is 1. The van der Waals surface area contributed by atoms with Gasteiger partial charge in [-0.15, -0.1) is 0 Å². The highest BCUT2D eigenvalue weighted by atomic mass is 16.5. The number of carbonyl (C=O) groups is 1. The summed E-state index contributed by atoms with van der Waals surface area (Å²) in [5.74, 6) is 1.09. The number of hydrogen-bond donors (Lipinski definition) is 1. The van der Waals surface area contributed by atoms with Crippen molar-refractivity contribution in [2.45, 2.75) is 65.4 Å². The molecule has 0 spiro atoms. The number of aliphatic hydroxyl groups is 1. The average Bonchev–Trinajstić information content (AvgIpc) is 2.46. The number of rotatable bonds is 0. The zero-order valence-corrected chi connectivity index (χ0v) is 15.2. The third-order valence-electron chi connectivity index (χ3n) is 7.35. The van der Waals surface area contributed by atoms with Crippen molar-refractivity contribution < 1.29 is 14.6 Å². The van der Waals surface area contributed by atoms with Crippen molar-refractivity contribution in [3.8, 4) is 0 Å². The summed E-state index contributed by atoms with van der Waals surface area (Å²) in [6.07, 6.45) is 11.3. The van der Waals surface area contributed by atoms with Crippen molar-refractivity contribution in [3.05, 3.63) is 35.3 Å². The number of ether oxygens (including phenoxy) is 1. The molecule has 0 aromatic rings. The minimum Gasteiger partial charge on any atom is -0.504 e. The molecule has 1 heterocycles. The first-order valence-corrected chi connectivity index (χ1v) is 9.24. The molecule has 24 heavy (non-hydrogen) atoms. The predicted octanol–water partition coefficient (Wildman–Crippen LogP) is 4.85. The summed E-state index contributed by atoms with van der Waals surface area (Å²) >= 11 is 0. The van der Waals surface area contributed by atoms with Gasteiger partial charge < -0.3 is 9.84 Å². The van der Waals surface area contributed by atoms with Crippen LogP contribution in [0.1, 0.15) is 59.8 Å². The summed E-state index contributed by atoms with van der Waals surface area (Å²) in [6.45, 7) is 9.49. The van der Waals surface area contributed by atoms with Crippen molar-refractivity contribution in [1.29, 1.82) is 0 Å². The van der Waals surface area contributed by atoms with Gasteiger partial charge in [0.15, 0.2) is 5.76 Å². The SMILES string of the molecule is CC1(C)CCC[C@]2(C)[C@H]3C=C4C=C(O)C(=O)C=C4O[C@@]3(C)CC[C@@H]12. The van der Waals surface area contributed by atoms with E-state index in [0.29, 0.717) is 23.0 Å². The molecule has 1 aliphatic heterocycles. The Bertz CT molecular complexity index is 696. The molecule has 0 aromatic carbocycles. The van der Waals surface area contributed by atoms with Gasteiger partial charge >= 0.3 is 0 Å². The molecule has 3 nitrogen and oxygen atoms in total. The van der Waals surface area contributed by atoms with Crippen LogP contribution in [-0.4, -0.2) is 16.5 Å². The minimum absolute atomic E-state index is 0.182. The van der Waals surface area contributed by atoms with Crippen molar-refractivity contribution in [1.82, 2.24) is 0 Å². The number of hydrogen-bond acceptors (Lipinski definition) is 3. The van der Waals surface area contributed by atoms with Crippen LogP contribution in [0.3, 0.4) is 0 Å². The van der Waals surface area contributed by atoms with E-state index in [9.17, 15) is 9.90 Å². The van der Waals surface area contributed by atoms with Crippen molar-refractivity contribution in [2.75, 3.05) is 0 Å². The molecule has 2 saturated carbocycles. The number of ketones is 1. The maximum Gasteiger partial charge on any atom is 0.223 e. The molecule has 0 unspecified atom stereocenters. The fraction of sp³-hybridized carbons (Fsp3) is 0.667. The Morgan fingerprint density at radius 2 is 1.88 bits per heavy atom. The molecule has 4 aliphatic rings. The van der Waals surface area contributed by atoms with E-state index in [1.54, 1.807) is 6.08 Å². The van der Waals surface area contributed by atoms with E-state index >= 15 is 0 Å². The zero-order valence-electron chi connectivity index (χ0n) is 15.2. The molecule has 1 N–H and O–H groups in total. The smallest absolute Gasteiger partial charge is 0.223 e. The van der Waals surface area contributed by atoms with Gasteiger partial charge in [-0.3, -0.25) is 4.79 Å². The molecule has 2 fully saturated rings. The number of aliphatic hydroxyl groups excluding tert-OH is 1. The van der Waals surface area contributed by atoms with E-state index in [-0.39, 0.29) is 22.6 Å². The van der Waals surface area contributed by atoms with Crippen LogP contribution >= 0.6 is 0 Å². The minimum atomic E-state index is -0.358. The largest absolute Gasteiger partial charge is 0.504 e. The maximum atomic E-state index is 11.8. The highest BCUT2D eigenvalue weighted by Gasteiger charge is 2.60. The molecule has 3 heteroatoms. The molecular weight excluding hydrogens is 300 g/mol. The Hall–Kier alpha value is -1.51. The topological polar surface area (TPSA) is 46.5 Å². The van der Waals surface area contributed by atoms with Crippen LogP contribution in [0.2, 0.25) is 0 Å². The summed E-state index contributed by atoms with van der Waals surface area (Å²) in [7, 11) is 0. The van der Waals surface area contributed by atoms with Gasteiger partial charge in [-0.25, -0.2) is 0 Å². The van der Waals surface area contributed by atoms with Crippen LogP contribution in [-0.2, 0) is 9.53 Å². The van der Waals surface area contributed by atoms with Gasteiger partial charge in [0.1, 0.15) is 11.4 Å². The second-order valence-corrected chi connectivity index (χ2v) is 9.36. The lowest BCUT2D eigenvalue weighted by Crippen LogP contribution is -2.58. The lowest BCUT2D eigenvalue weighted by molar-refractivity contribution is -0.162. The van der Waals surface area contributed by atoms with Crippen LogP contribution < -0.4 is 0 Å². The molecule has 0 bridgehead atoms. The van der Waals surface area contributed by atoms with Crippen LogP contribution in [0.25, 0.3) is 0 Å². The van der Waals surface area contributed by atoms with E-state index in [4.69, 9.17) is 4.74 Å². The van der Waals surface area contributed by atoms with Gasteiger partial charge in [0, 0.05) is 17.6 Å². The Balaban J connectivity index is 1.82. The Morgan fingerprint density at radius 1 is 1.12 bits per heavy atom. The molecular formula is C21H28O3. The normalized spacial score (nSPS) is 43.3. The van der Waals surface area contributed by atoms with Gasteiger partial charge in [0.05, 0.1) is 0 Å². The molecule has 130 valence electrons. The first-order valence-electron chi connectivity index (χ1n) is 9.24. The highest BCUT2D eigenvalue weighted by molar-refractivity contribution is 6.04. The van der Waals surface area contributed by atoms with Crippen molar-refractivity contribution in [2.24, 2.45) is 22.7 Å². The fourth-order valence-corrected chi connectivity index (χ4v) is 6.24. The molecule has 0 aromatic heterocycles. The summed E-state index contributed by atoms with van der Waals surface area (Å²) < 4.78 is 6.40. The van der Waals surface area contributed by atoms with E-state index in [1.165, 1.54) is 31.8 Å². The summed E-state index contributed by atoms with van der Waals surface area (Å²) in [5, 5.41) is 9.83. The Kier molecular flexibility index (Phi) is 3.18. The molecule has 0 saturated heterocycles. The first kappa shape index (κ1) is 16.0. The van der Waals surface area contributed by atoms with E-state index < -0.39 is 0 Å². The second-order valence-electron chi connectivity index (χ2n) is 9.36. The molecule has 4 atom stereocenters. The van der Waals surface area contributed by atoms with E-state index in [2.05, 4.69) is 33.8 Å². The average molecular weight is 328 g/mol. The Morgan fingerprint density at radius 3 is 2.62 bits per heavy atom. The molecule has 0 amide bonds. The van der Waals surface area contributed by atoms with E-state index in [1.807, 2.05) is 0 Å². The lowest BCUT2D eigenvalue weighted by Gasteiger charge is -2.62. The third-order valence-corrected chi connectivity index (χ3v) is 7.35. The van der Waals surface area contributed by atoms with Gasteiger partial charge in [-0.05, 0) is 55.4 Å². The van der Waals surface area contributed by atoms with Crippen molar-refractivity contribution >= 4 is 5.78 Å². The van der Waals surface area contributed by atoms with Gasteiger partial charge in [0.2, 0.25) is 5.78 Å². The fourth-order valence-electron chi connectivity index (χ4n) is 6.24. The van der Waals surface area contributed by atoms with E-state index in [0.717, 1.165) is 12.0 Å². The standard InChI is InChI=1S/C21H28O3/c1-19(2)7-5-8-20(3)17(19)6-9-21(4)18(20)11-13-10-14(22)15(23)12-16(13)24-21/h10-12,17-18,22H,5-9H2,1-4H3/t17-,18+,20-,21-/m0/s1. The molecule has 3 aliphatic carbocycles. The van der Waals surface area contributed by atoms with Crippen LogP contribution in [0, 0.1) is 22.7 Å². The summed E-state index contributed by atoms with van der Waals surface area (Å²) in [5.41, 5.74) is 1.19. The number of allylic oxidation sites excluding steroid dienone is 2. The van der Waals surface area contributed by atoms with Crippen LogP contribution in [0.5, 0.6) is 0 Å². The molecule has 0 radical (unpaired) electrons. The quantitative estimate of drug-likeness (QED) is 0.691. The van der Waals surface area contributed by atoms with Gasteiger partial charge in [-0.2, -0.15) is 0 Å². The lowest BCUT2D eigenvalue weighted by atomic mass is 9.45. The van der Waals surface area contributed by atoms with Crippen LogP contribution in [0.15, 0.2) is 35.3 Å². The monoisotopic (exact) mass is 328 g/mol. The first-order chi connectivity index (χ1) is 11.2. The molecule has 4 rings (SSSR count). The van der Waals surface area contributed by atoms with Crippen molar-refractivity contribution in [3.63, 3.8) is 0 Å². The van der Waals surface area contributed by atoms with Gasteiger partial charge in [0.25, 0.3) is 0 Å². The summed E-state index contributed by atoms with van der Waals surface area (Å²) in [4.78, 5) is 11.8.